The molecule has 3 heterocycles. The Hall–Kier alpha value is -1.86. The van der Waals surface area contributed by atoms with E-state index < -0.39 is 4.92 Å². The molecule has 13 heavy (non-hydrogen) atoms. The highest BCUT2D eigenvalue weighted by atomic mass is 17.3. The Morgan fingerprint density at radius 1 is 1.31 bits per heavy atom. The Morgan fingerprint density at radius 2 is 2.08 bits per heavy atom. The number of para-hydroxylation sites is 1. The van der Waals surface area contributed by atoms with Crippen LogP contribution in [0.2, 0.25) is 0 Å². The first-order valence-corrected chi connectivity index (χ1v) is 3.51. The third-order valence-electron chi connectivity index (χ3n) is 1.87. The van der Waals surface area contributed by atoms with E-state index in [0.29, 0.717) is 11.4 Å². The molecule has 1 aromatic rings. The summed E-state index contributed by atoms with van der Waals surface area (Å²) in [7, 11) is 0. The average Bonchev–Trinajstić information content (AvgIpc) is 2.53. The third kappa shape index (κ3) is 0.650. The smallest absolute Gasteiger partial charge is 0.258 e. The van der Waals surface area contributed by atoms with Gasteiger partial charge in [-0.25, -0.2) is 0 Å². The van der Waals surface area contributed by atoms with Gasteiger partial charge >= 0.3 is 0 Å². The van der Waals surface area contributed by atoms with Gasteiger partial charge in [0.2, 0.25) is 5.69 Å². The maximum Gasteiger partial charge on any atom is 0.300 e. The Morgan fingerprint density at radius 3 is 2.77 bits per heavy atom. The van der Waals surface area contributed by atoms with Crippen LogP contribution in [-0.2, 0) is 9.88 Å². The summed E-state index contributed by atoms with van der Waals surface area (Å²) in [6.07, 6.45) is 0. The summed E-state index contributed by atoms with van der Waals surface area (Å²) in [6, 6.07) is 4.65. The summed E-state index contributed by atoms with van der Waals surface area (Å²) in [5, 5.41) is 12.7. The number of nitro benzene ring substituents is 1. The number of hydrogen-bond acceptors (Lipinski definition) is 6. The first-order valence-electron chi connectivity index (χ1n) is 3.51. The lowest BCUT2D eigenvalue weighted by molar-refractivity contribution is -0.385. The number of benzene rings is 1. The minimum absolute atomic E-state index is 0.0301. The van der Waals surface area contributed by atoms with E-state index in [-0.39, 0.29) is 5.69 Å². The van der Waals surface area contributed by atoms with Crippen LogP contribution in [0.1, 0.15) is 0 Å². The molecule has 2 bridgehead atoms. The summed E-state index contributed by atoms with van der Waals surface area (Å²) in [5.41, 5.74) is 0.860. The fourth-order valence-corrected chi connectivity index (χ4v) is 1.31. The van der Waals surface area contributed by atoms with Crippen molar-refractivity contribution in [3.63, 3.8) is 0 Å². The number of anilines is 2. The summed E-state index contributed by atoms with van der Waals surface area (Å²) in [4.78, 5) is 19.8. The summed E-state index contributed by atoms with van der Waals surface area (Å²) >= 11 is 0. The molecule has 0 amide bonds. The quantitative estimate of drug-likeness (QED) is 0.474. The minimum Gasteiger partial charge on any atom is -0.258 e. The largest absolute Gasteiger partial charge is 0.300 e. The second kappa shape index (κ2) is 1.90. The first-order chi connectivity index (χ1) is 6.27. The van der Waals surface area contributed by atoms with Gasteiger partial charge in [0.1, 0.15) is 5.69 Å². The standard InChI is InChI=1S/C6H3N3O4/c10-7(11)4-2-1-3-5-6(4)9-12-8(5)13-9/h1-3H. The minimum atomic E-state index is -0.479. The van der Waals surface area contributed by atoms with E-state index in [9.17, 15) is 10.1 Å². The van der Waals surface area contributed by atoms with E-state index in [1.54, 1.807) is 12.1 Å². The van der Waals surface area contributed by atoms with Gasteiger partial charge in [-0.2, -0.15) is 0 Å². The van der Waals surface area contributed by atoms with Crippen molar-refractivity contribution in [2.24, 2.45) is 0 Å². The highest BCUT2D eigenvalue weighted by molar-refractivity contribution is 5.81. The summed E-state index contributed by atoms with van der Waals surface area (Å²) in [5.74, 6) is 0. The lowest BCUT2D eigenvalue weighted by Crippen LogP contribution is -2.43. The predicted molar refractivity (Wildman–Crippen MR) is 40.2 cm³/mol. The van der Waals surface area contributed by atoms with Crippen LogP contribution in [0.5, 0.6) is 0 Å². The molecule has 7 heteroatoms. The first kappa shape index (κ1) is 6.63. The van der Waals surface area contributed by atoms with Crippen molar-refractivity contribution in [1.29, 1.82) is 0 Å². The van der Waals surface area contributed by atoms with Gasteiger partial charge in [0.25, 0.3) is 5.69 Å². The van der Waals surface area contributed by atoms with E-state index in [4.69, 9.17) is 9.88 Å². The van der Waals surface area contributed by atoms with Crippen molar-refractivity contribution in [2.45, 2.75) is 0 Å². The van der Waals surface area contributed by atoms with Gasteiger partial charge in [0.05, 0.1) is 4.92 Å². The average molecular weight is 181 g/mol. The van der Waals surface area contributed by atoms with Crippen LogP contribution in [0.4, 0.5) is 17.1 Å². The number of hydrogen-bond donors (Lipinski definition) is 0. The number of rotatable bonds is 1. The van der Waals surface area contributed by atoms with Crippen LogP contribution in [0.15, 0.2) is 18.2 Å². The molecule has 3 aliphatic rings. The van der Waals surface area contributed by atoms with Crippen LogP contribution in [0, 0.1) is 10.1 Å². The molecule has 0 spiro atoms. The van der Waals surface area contributed by atoms with Crippen molar-refractivity contribution in [2.75, 3.05) is 10.5 Å². The Balaban J connectivity index is 2.24. The molecule has 0 atom stereocenters. The van der Waals surface area contributed by atoms with Gasteiger partial charge in [-0.1, -0.05) is 26.4 Å². The Labute approximate surface area is 71.6 Å². The second-order valence-corrected chi connectivity index (χ2v) is 2.58. The van der Waals surface area contributed by atoms with Gasteiger partial charge in [-0.15, -0.1) is 0 Å². The van der Waals surface area contributed by atoms with Crippen LogP contribution in [-0.4, -0.2) is 4.92 Å². The zero-order valence-electron chi connectivity index (χ0n) is 6.21. The van der Waals surface area contributed by atoms with E-state index in [1.807, 2.05) is 0 Å². The van der Waals surface area contributed by atoms with Crippen LogP contribution < -0.4 is 10.5 Å². The van der Waals surface area contributed by atoms with E-state index in [2.05, 4.69) is 0 Å². The molecule has 0 aliphatic carbocycles. The van der Waals surface area contributed by atoms with Gasteiger partial charge in [0.15, 0.2) is 0 Å². The molecule has 0 radical (unpaired) electrons. The molecule has 0 N–H and O–H groups in total. The van der Waals surface area contributed by atoms with E-state index in [1.165, 1.54) is 6.07 Å². The molecule has 0 aromatic heterocycles. The molecular weight excluding hydrogens is 178 g/mol. The molecule has 0 saturated carbocycles. The van der Waals surface area contributed by atoms with Crippen molar-refractivity contribution in [1.82, 2.24) is 0 Å². The predicted octanol–water partition coefficient (Wildman–Crippen LogP) is 0.928. The summed E-state index contributed by atoms with van der Waals surface area (Å²) < 4.78 is 0. The van der Waals surface area contributed by atoms with Crippen LogP contribution >= 0.6 is 0 Å². The highest BCUT2D eigenvalue weighted by Gasteiger charge is 2.47. The molecule has 1 saturated heterocycles. The monoisotopic (exact) mass is 181 g/mol. The van der Waals surface area contributed by atoms with Gasteiger partial charge in [-0.05, 0) is 6.07 Å². The maximum absolute atomic E-state index is 10.6. The highest BCUT2D eigenvalue weighted by Crippen LogP contribution is 2.49. The lowest BCUT2D eigenvalue weighted by Gasteiger charge is -2.26. The van der Waals surface area contributed by atoms with E-state index >= 15 is 0 Å². The van der Waals surface area contributed by atoms with Crippen molar-refractivity contribution in [3.8, 4) is 0 Å². The molecule has 1 aromatic carbocycles. The maximum atomic E-state index is 10.6. The summed E-state index contributed by atoms with van der Waals surface area (Å²) in [6.45, 7) is 0. The lowest BCUT2D eigenvalue weighted by atomic mass is 10.2. The molecule has 3 aliphatic heterocycles. The number of nitrogens with zero attached hydrogens (tertiary/aromatic N) is 3. The Kier molecular flexibility index (Phi) is 0.967. The molecular formula is C6H3N3O4. The zero-order valence-corrected chi connectivity index (χ0v) is 6.21. The molecule has 66 valence electrons. The van der Waals surface area contributed by atoms with Crippen LogP contribution in [0.25, 0.3) is 0 Å². The topological polar surface area (TPSA) is 68.1 Å². The van der Waals surface area contributed by atoms with Crippen molar-refractivity contribution >= 4 is 17.1 Å². The second-order valence-electron chi connectivity index (χ2n) is 2.58. The van der Waals surface area contributed by atoms with Gasteiger partial charge in [0, 0.05) is 6.07 Å². The zero-order chi connectivity index (χ0) is 9.00. The molecule has 1 fully saturated rings. The fraction of sp³-hybridized carbons (Fsp3) is 0. The van der Waals surface area contributed by atoms with Gasteiger partial charge in [-0.3, -0.25) is 10.1 Å². The van der Waals surface area contributed by atoms with Crippen molar-refractivity contribution in [3.05, 3.63) is 28.3 Å². The fourth-order valence-electron chi connectivity index (χ4n) is 1.31. The van der Waals surface area contributed by atoms with Crippen LogP contribution in [0.3, 0.4) is 0 Å². The van der Waals surface area contributed by atoms with Gasteiger partial charge < -0.3 is 0 Å². The molecule has 0 unspecified atom stereocenters. The normalized spacial score (nSPS) is 16.9. The number of nitro groups is 1. The van der Waals surface area contributed by atoms with Crippen molar-refractivity contribution < 1.29 is 14.8 Å². The SMILES string of the molecule is O=[N+]([O-])c1cccc2c1N1ON2O1. The van der Waals surface area contributed by atoms with E-state index in [0.717, 1.165) is 10.5 Å². The Bertz CT molecular complexity index is 401. The third-order valence-corrected chi connectivity index (χ3v) is 1.87. The molecule has 7 nitrogen and oxygen atoms in total. The molecule has 4 rings (SSSR count).